The average Bonchev–Trinajstić information content (AvgIpc) is 2.83. The van der Waals surface area contributed by atoms with Crippen LogP contribution in [0.2, 0.25) is 5.02 Å². The molecule has 2 rings (SSSR count). The van der Waals surface area contributed by atoms with Crippen LogP contribution in [-0.4, -0.2) is 47.6 Å². The van der Waals surface area contributed by atoms with Gasteiger partial charge in [-0.05, 0) is 18.6 Å². The van der Waals surface area contributed by atoms with E-state index in [0.29, 0.717) is 30.1 Å². The summed E-state index contributed by atoms with van der Waals surface area (Å²) in [6.45, 7) is 0.777. The number of nitrogens with zero attached hydrogens (tertiary/aromatic N) is 1. The van der Waals surface area contributed by atoms with Gasteiger partial charge in [0.2, 0.25) is 5.91 Å². The maximum absolute atomic E-state index is 11.8. The first kappa shape index (κ1) is 13.8. The summed E-state index contributed by atoms with van der Waals surface area (Å²) in [6.07, 6.45) is 0.132. The Kier molecular flexibility index (Phi) is 4.39. The van der Waals surface area contributed by atoms with Gasteiger partial charge in [-0.15, -0.1) is 0 Å². The highest BCUT2D eigenvalue weighted by atomic mass is 35.5. The van der Waals surface area contributed by atoms with E-state index in [1.165, 1.54) is 4.90 Å². The number of likely N-dealkylation sites (tertiary alicyclic amines) is 1. The summed E-state index contributed by atoms with van der Waals surface area (Å²) >= 11 is 5.89. The molecule has 0 aromatic heterocycles. The van der Waals surface area contributed by atoms with Crippen molar-refractivity contribution in [2.75, 3.05) is 19.6 Å². The van der Waals surface area contributed by atoms with Crippen molar-refractivity contribution in [2.45, 2.75) is 12.5 Å². The van der Waals surface area contributed by atoms with Crippen molar-refractivity contribution in [1.82, 2.24) is 10.2 Å². The van der Waals surface area contributed by atoms with E-state index in [4.69, 9.17) is 11.6 Å². The zero-order valence-electron chi connectivity index (χ0n) is 10.3. The van der Waals surface area contributed by atoms with Gasteiger partial charge in [0.25, 0.3) is 5.91 Å². The van der Waals surface area contributed by atoms with E-state index in [2.05, 4.69) is 5.32 Å². The predicted octanol–water partition coefficient (Wildman–Crippen LogP) is 0.663. The van der Waals surface area contributed by atoms with Crippen molar-refractivity contribution < 1.29 is 14.7 Å². The second-order valence-electron chi connectivity index (χ2n) is 4.44. The lowest BCUT2D eigenvalue weighted by molar-refractivity contribution is -0.129. The molecule has 2 N–H and O–H groups in total. The summed E-state index contributed by atoms with van der Waals surface area (Å²) in [7, 11) is 0. The van der Waals surface area contributed by atoms with Crippen molar-refractivity contribution in [1.29, 1.82) is 0 Å². The third-order valence-electron chi connectivity index (χ3n) is 3.03. The lowest BCUT2D eigenvalue weighted by Crippen LogP contribution is -2.39. The van der Waals surface area contributed by atoms with Gasteiger partial charge >= 0.3 is 0 Å². The van der Waals surface area contributed by atoms with Crippen LogP contribution in [0.3, 0.4) is 0 Å². The van der Waals surface area contributed by atoms with Crippen molar-refractivity contribution in [3.05, 3.63) is 34.9 Å². The van der Waals surface area contributed by atoms with Crippen LogP contribution in [0.15, 0.2) is 24.3 Å². The molecule has 5 nitrogen and oxygen atoms in total. The van der Waals surface area contributed by atoms with Gasteiger partial charge in [-0.3, -0.25) is 9.59 Å². The molecule has 19 heavy (non-hydrogen) atoms. The third-order valence-corrected chi connectivity index (χ3v) is 3.36. The molecule has 1 atom stereocenters. The van der Waals surface area contributed by atoms with Gasteiger partial charge in [-0.25, -0.2) is 0 Å². The molecular formula is C13H15ClN2O3. The normalized spacial score (nSPS) is 18.4. The molecule has 0 radical (unpaired) electrons. The van der Waals surface area contributed by atoms with E-state index < -0.39 is 6.10 Å². The Balaban J connectivity index is 1.87. The number of benzene rings is 1. The molecule has 1 aliphatic heterocycles. The molecule has 1 saturated heterocycles. The van der Waals surface area contributed by atoms with E-state index in [-0.39, 0.29) is 18.4 Å². The van der Waals surface area contributed by atoms with Crippen LogP contribution in [-0.2, 0) is 4.79 Å². The molecule has 102 valence electrons. The molecule has 2 amide bonds. The quantitative estimate of drug-likeness (QED) is 0.856. The maximum Gasteiger partial charge on any atom is 0.253 e. The van der Waals surface area contributed by atoms with Gasteiger partial charge in [0.15, 0.2) is 0 Å². The molecule has 0 spiro atoms. The van der Waals surface area contributed by atoms with E-state index in [9.17, 15) is 14.7 Å². The number of halogens is 1. The minimum absolute atomic E-state index is 0.0865. The van der Waals surface area contributed by atoms with Gasteiger partial charge in [-0.2, -0.15) is 0 Å². The van der Waals surface area contributed by atoms with Crippen LogP contribution in [0, 0.1) is 0 Å². The van der Waals surface area contributed by atoms with Crippen LogP contribution >= 0.6 is 11.6 Å². The fraction of sp³-hybridized carbons (Fsp3) is 0.385. The smallest absolute Gasteiger partial charge is 0.253 e. The Morgan fingerprint density at radius 1 is 1.42 bits per heavy atom. The number of carbonyl (C=O) groups is 2. The van der Waals surface area contributed by atoms with Gasteiger partial charge in [0, 0.05) is 13.1 Å². The van der Waals surface area contributed by atoms with Crippen LogP contribution in [0.1, 0.15) is 16.8 Å². The standard InChI is InChI=1S/C13H15ClN2O3/c14-11-4-2-1-3-10(11)13(19)15-7-12(18)16-6-5-9(17)8-16/h1-4,9,17H,5-8H2,(H,15,19)/t9-/m1/s1. The number of carbonyl (C=O) groups excluding carboxylic acids is 2. The molecule has 1 aromatic rings. The van der Waals surface area contributed by atoms with Crippen molar-refractivity contribution in [3.8, 4) is 0 Å². The molecule has 0 unspecified atom stereocenters. The summed E-state index contributed by atoms with van der Waals surface area (Å²) in [5.41, 5.74) is 0.346. The minimum atomic E-state index is -0.455. The number of β-amino-alcohol motifs (C(OH)–C–C–N with tert-alkyl or cyclic N) is 1. The number of hydrogen-bond donors (Lipinski definition) is 2. The fourth-order valence-electron chi connectivity index (χ4n) is 1.98. The number of nitrogens with one attached hydrogen (secondary N) is 1. The van der Waals surface area contributed by atoms with E-state index in [1.807, 2.05) is 0 Å². The first-order valence-corrected chi connectivity index (χ1v) is 6.44. The second kappa shape index (κ2) is 6.04. The number of aliphatic hydroxyl groups is 1. The first-order valence-electron chi connectivity index (χ1n) is 6.06. The Bertz CT molecular complexity index is 493. The predicted molar refractivity (Wildman–Crippen MR) is 71.0 cm³/mol. The summed E-state index contributed by atoms with van der Waals surface area (Å²) in [6, 6.07) is 6.66. The van der Waals surface area contributed by atoms with Gasteiger partial charge in [0.05, 0.1) is 23.2 Å². The van der Waals surface area contributed by atoms with Gasteiger partial charge < -0.3 is 15.3 Å². The molecular weight excluding hydrogens is 268 g/mol. The monoisotopic (exact) mass is 282 g/mol. The highest BCUT2D eigenvalue weighted by Gasteiger charge is 2.24. The van der Waals surface area contributed by atoms with E-state index in [1.54, 1.807) is 24.3 Å². The molecule has 1 heterocycles. The molecule has 0 bridgehead atoms. The average molecular weight is 283 g/mol. The zero-order valence-corrected chi connectivity index (χ0v) is 11.1. The number of amides is 2. The van der Waals surface area contributed by atoms with Crippen LogP contribution in [0.4, 0.5) is 0 Å². The molecule has 1 aromatic carbocycles. The summed E-state index contributed by atoms with van der Waals surface area (Å²) in [5, 5.41) is 12.2. The Labute approximate surface area is 116 Å². The second-order valence-corrected chi connectivity index (χ2v) is 4.85. The molecule has 0 saturated carbocycles. The SMILES string of the molecule is O=C(NCC(=O)N1CC[C@@H](O)C1)c1ccccc1Cl. The topological polar surface area (TPSA) is 69.6 Å². The summed E-state index contributed by atoms with van der Waals surface area (Å²) < 4.78 is 0. The number of rotatable bonds is 3. The summed E-state index contributed by atoms with van der Waals surface area (Å²) in [5.74, 6) is -0.573. The largest absolute Gasteiger partial charge is 0.391 e. The Morgan fingerprint density at radius 3 is 2.79 bits per heavy atom. The lowest BCUT2D eigenvalue weighted by Gasteiger charge is -2.15. The van der Waals surface area contributed by atoms with Crippen LogP contribution < -0.4 is 5.32 Å². The molecule has 1 fully saturated rings. The maximum atomic E-state index is 11.8. The van der Waals surface area contributed by atoms with Crippen molar-refractivity contribution >= 4 is 23.4 Å². The van der Waals surface area contributed by atoms with Crippen molar-refractivity contribution in [2.24, 2.45) is 0 Å². The number of aliphatic hydroxyl groups excluding tert-OH is 1. The lowest BCUT2D eigenvalue weighted by atomic mass is 10.2. The Hall–Kier alpha value is -1.59. The summed E-state index contributed by atoms with van der Waals surface area (Å²) in [4.78, 5) is 25.2. The first-order chi connectivity index (χ1) is 9.08. The highest BCUT2D eigenvalue weighted by molar-refractivity contribution is 6.33. The van der Waals surface area contributed by atoms with Gasteiger partial charge in [-0.1, -0.05) is 23.7 Å². The van der Waals surface area contributed by atoms with Crippen molar-refractivity contribution in [3.63, 3.8) is 0 Å². The fourth-order valence-corrected chi connectivity index (χ4v) is 2.20. The van der Waals surface area contributed by atoms with E-state index >= 15 is 0 Å². The van der Waals surface area contributed by atoms with Crippen LogP contribution in [0.5, 0.6) is 0 Å². The van der Waals surface area contributed by atoms with E-state index in [0.717, 1.165) is 0 Å². The highest BCUT2D eigenvalue weighted by Crippen LogP contribution is 2.14. The van der Waals surface area contributed by atoms with Gasteiger partial charge in [0.1, 0.15) is 0 Å². The molecule has 0 aliphatic carbocycles. The third kappa shape index (κ3) is 3.45. The number of hydrogen-bond acceptors (Lipinski definition) is 3. The molecule has 1 aliphatic rings. The Morgan fingerprint density at radius 2 is 2.16 bits per heavy atom. The zero-order chi connectivity index (χ0) is 13.8. The minimum Gasteiger partial charge on any atom is -0.391 e. The van der Waals surface area contributed by atoms with Crippen LogP contribution in [0.25, 0.3) is 0 Å². The molecule has 6 heteroatoms.